The first kappa shape index (κ1) is 13.5. The Kier molecular flexibility index (Phi) is 5.16. The van der Waals surface area contributed by atoms with Gasteiger partial charge in [0.15, 0.2) is 5.13 Å². The lowest BCUT2D eigenvalue weighted by molar-refractivity contribution is 0.319. The second-order valence-electron chi connectivity index (χ2n) is 3.52. The van der Waals surface area contributed by atoms with Gasteiger partial charge in [0, 0.05) is 10.8 Å². The maximum absolute atomic E-state index is 5.79. The number of nitrogens with two attached hydrogens (primary N) is 1. The van der Waals surface area contributed by atoms with Gasteiger partial charge in [0.05, 0.1) is 17.0 Å². The molecule has 0 radical (unpaired) electrons. The zero-order valence-electron chi connectivity index (χ0n) is 9.64. The van der Waals surface area contributed by atoms with Crippen LogP contribution in [0.15, 0.2) is 34.7 Å². The molecule has 2 N–H and O–H groups in total. The normalized spacial score (nSPS) is 10.5. The van der Waals surface area contributed by atoms with Crippen LogP contribution >= 0.6 is 34.7 Å². The lowest BCUT2D eigenvalue weighted by Gasteiger charge is -2.05. The lowest BCUT2D eigenvalue weighted by Crippen LogP contribution is -1.98. The molecule has 0 amide bonds. The number of thiazole rings is 1. The maximum atomic E-state index is 5.79. The molecule has 0 bridgehead atoms. The van der Waals surface area contributed by atoms with Crippen LogP contribution in [0.5, 0.6) is 5.75 Å². The summed E-state index contributed by atoms with van der Waals surface area (Å²) < 4.78 is 6.75. The second-order valence-corrected chi connectivity index (χ2v) is 6.42. The van der Waals surface area contributed by atoms with Crippen molar-refractivity contribution in [2.24, 2.45) is 0 Å². The van der Waals surface area contributed by atoms with E-state index < -0.39 is 0 Å². The van der Waals surface area contributed by atoms with Crippen LogP contribution < -0.4 is 10.5 Å². The Labute approximate surface area is 119 Å². The molecule has 0 saturated heterocycles. The van der Waals surface area contributed by atoms with Crippen LogP contribution in [0.2, 0.25) is 5.02 Å². The maximum Gasteiger partial charge on any atom is 0.181 e. The van der Waals surface area contributed by atoms with Crippen LogP contribution in [-0.4, -0.2) is 17.3 Å². The summed E-state index contributed by atoms with van der Waals surface area (Å²) in [6.45, 7) is 0.697. The summed E-state index contributed by atoms with van der Waals surface area (Å²) in [4.78, 5) is 4.00. The predicted molar refractivity (Wildman–Crippen MR) is 78.8 cm³/mol. The second kappa shape index (κ2) is 6.87. The molecular formula is C12H13ClN2OS2. The topological polar surface area (TPSA) is 48.1 Å². The number of benzene rings is 1. The zero-order chi connectivity index (χ0) is 12.8. The SMILES string of the molecule is Nc1ncc(SCCCOc2ccc(Cl)cc2)s1. The Morgan fingerprint density at radius 2 is 2.11 bits per heavy atom. The van der Waals surface area contributed by atoms with E-state index in [2.05, 4.69) is 4.98 Å². The summed E-state index contributed by atoms with van der Waals surface area (Å²) in [6.07, 6.45) is 2.79. The van der Waals surface area contributed by atoms with Crippen LogP contribution in [0, 0.1) is 0 Å². The van der Waals surface area contributed by atoms with Gasteiger partial charge >= 0.3 is 0 Å². The first-order valence-corrected chi connectivity index (χ1v) is 7.64. The number of hydrogen-bond donors (Lipinski definition) is 1. The molecule has 0 atom stereocenters. The molecule has 0 aliphatic carbocycles. The summed E-state index contributed by atoms with van der Waals surface area (Å²) in [5.41, 5.74) is 5.56. The molecule has 0 fully saturated rings. The number of ether oxygens (including phenoxy) is 1. The van der Waals surface area contributed by atoms with Gasteiger partial charge in [-0.3, -0.25) is 0 Å². The van der Waals surface area contributed by atoms with Crippen LogP contribution in [0.3, 0.4) is 0 Å². The van der Waals surface area contributed by atoms with Gasteiger partial charge in [-0.25, -0.2) is 4.98 Å². The number of hydrogen-bond acceptors (Lipinski definition) is 5. The average Bonchev–Trinajstić information content (AvgIpc) is 2.77. The summed E-state index contributed by atoms with van der Waals surface area (Å²) in [6, 6.07) is 7.40. The minimum atomic E-state index is 0.620. The summed E-state index contributed by atoms with van der Waals surface area (Å²) in [5, 5.41) is 1.34. The molecule has 0 saturated carbocycles. The van der Waals surface area contributed by atoms with Crippen molar-refractivity contribution in [3.8, 4) is 5.75 Å². The van der Waals surface area contributed by atoms with E-state index in [1.807, 2.05) is 30.5 Å². The van der Waals surface area contributed by atoms with E-state index in [0.29, 0.717) is 11.7 Å². The third-order valence-electron chi connectivity index (χ3n) is 2.12. The van der Waals surface area contributed by atoms with Crippen molar-refractivity contribution in [3.05, 3.63) is 35.5 Å². The minimum absolute atomic E-state index is 0.620. The molecule has 1 aromatic heterocycles. The number of nitrogen functional groups attached to an aromatic ring is 1. The van der Waals surface area contributed by atoms with Crippen molar-refractivity contribution in [3.63, 3.8) is 0 Å². The molecule has 2 rings (SSSR count). The van der Waals surface area contributed by atoms with Crippen molar-refractivity contribution >= 4 is 39.8 Å². The van der Waals surface area contributed by atoms with E-state index in [1.165, 1.54) is 11.3 Å². The fraction of sp³-hybridized carbons (Fsp3) is 0.250. The Bertz CT molecular complexity index is 487. The van der Waals surface area contributed by atoms with Crippen LogP contribution in [0.4, 0.5) is 5.13 Å². The number of thioether (sulfide) groups is 1. The first-order chi connectivity index (χ1) is 8.74. The van der Waals surface area contributed by atoms with Crippen molar-refractivity contribution in [2.45, 2.75) is 10.6 Å². The molecule has 6 heteroatoms. The lowest BCUT2D eigenvalue weighted by atomic mass is 10.3. The molecule has 18 heavy (non-hydrogen) atoms. The standard InChI is InChI=1S/C12H13ClN2OS2/c13-9-2-4-10(5-3-9)16-6-1-7-17-11-8-15-12(14)18-11/h2-5,8H,1,6-7H2,(H2,14,15). The monoisotopic (exact) mass is 300 g/mol. The summed E-state index contributed by atoms with van der Waals surface area (Å²) in [7, 11) is 0. The molecular weight excluding hydrogens is 288 g/mol. The number of nitrogens with zero attached hydrogens (tertiary/aromatic N) is 1. The molecule has 0 aliphatic rings. The van der Waals surface area contributed by atoms with Crippen LogP contribution in [0.25, 0.3) is 0 Å². The van der Waals surface area contributed by atoms with E-state index in [9.17, 15) is 0 Å². The summed E-state index contributed by atoms with van der Waals surface area (Å²) in [5.74, 6) is 1.85. The first-order valence-electron chi connectivity index (χ1n) is 5.46. The quantitative estimate of drug-likeness (QED) is 0.648. The largest absolute Gasteiger partial charge is 0.494 e. The minimum Gasteiger partial charge on any atom is -0.494 e. The van der Waals surface area contributed by atoms with Gasteiger partial charge in [-0.2, -0.15) is 0 Å². The van der Waals surface area contributed by atoms with E-state index in [0.717, 1.165) is 27.2 Å². The zero-order valence-corrected chi connectivity index (χ0v) is 12.0. The van der Waals surface area contributed by atoms with Crippen LogP contribution in [0.1, 0.15) is 6.42 Å². The highest BCUT2D eigenvalue weighted by Gasteiger charge is 1.99. The number of halogens is 1. The molecule has 0 unspecified atom stereocenters. The van der Waals surface area contributed by atoms with Gasteiger partial charge in [-0.15, -0.1) is 11.8 Å². The van der Waals surface area contributed by atoms with E-state index >= 15 is 0 Å². The Morgan fingerprint density at radius 1 is 1.33 bits per heavy atom. The van der Waals surface area contributed by atoms with Gasteiger partial charge in [-0.05, 0) is 30.7 Å². The Hall–Kier alpha value is -0.910. The van der Waals surface area contributed by atoms with Gasteiger partial charge in [-0.1, -0.05) is 22.9 Å². The summed E-state index contributed by atoms with van der Waals surface area (Å²) >= 11 is 9.06. The molecule has 1 aromatic carbocycles. The fourth-order valence-electron chi connectivity index (χ4n) is 1.29. The molecule has 0 aliphatic heterocycles. The third kappa shape index (κ3) is 4.40. The van der Waals surface area contributed by atoms with E-state index in [1.54, 1.807) is 11.8 Å². The van der Waals surface area contributed by atoms with Crippen molar-refractivity contribution in [1.29, 1.82) is 0 Å². The van der Waals surface area contributed by atoms with Gasteiger partial charge in [0.25, 0.3) is 0 Å². The highest BCUT2D eigenvalue weighted by atomic mass is 35.5. The Balaban J connectivity index is 1.63. The van der Waals surface area contributed by atoms with Crippen molar-refractivity contribution in [2.75, 3.05) is 18.1 Å². The van der Waals surface area contributed by atoms with E-state index in [4.69, 9.17) is 22.1 Å². The number of rotatable bonds is 6. The van der Waals surface area contributed by atoms with Crippen LogP contribution in [-0.2, 0) is 0 Å². The highest BCUT2D eigenvalue weighted by Crippen LogP contribution is 2.26. The molecule has 2 aromatic rings. The molecule has 3 nitrogen and oxygen atoms in total. The van der Waals surface area contributed by atoms with E-state index in [-0.39, 0.29) is 0 Å². The van der Waals surface area contributed by atoms with Gasteiger partial charge in [0.2, 0.25) is 0 Å². The van der Waals surface area contributed by atoms with Crippen molar-refractivity contribution < 1.29 is 4.74 Å². The average molecular weight is 301 g/mol. The fourth-order valence-corrected chi connectivity index (χ4v) is 3.17. The van der Waals surface area contributed by atoms with Gasteiger partial charge < -0.3 is 10.5 Å². The highest BCUT2D eigenvalue weighted by molar-refractivity contribution is 8.01. The Morgan fingerprint density at radius 3 is 2.78 bits per heavy atom. The molecule has 1 heterocycles. The van der Waals surface area contributed by atoms with Crippen molar-refractivity contribution in [1.82, 2.24) is 4.98 Å². The number of aromatic nitrogens is 1. The third-order valence-corrected chi connectivity index (χ3v) is 4.48. The molecule has 96 valence electrons. The van der Waals surface area contributed by atoms with Gasteiger partial charge in [0.1, 0.15) is 5.75 Å². The number of anilines is 1. The molecule has 0 spiro atoms. The smallest absolute Gasteiger partial charge is 0.181 e. The predicted octanol–water partition coefficient (Wildman–Crippen LogP) is 3.94.